The van der Waals surface area contributed by atoms with Crippen LogP contribution in [0, 0.1) is 0 Å². The second-order valence-corrected chi connectivity index (χ2v) is 6.36. The number of benzene rings is 1. The first-order valence-corrected chi connectivity index (χ1v) is 8.34. The molecule has 3 nitrogen and oxygen atoms in total. The Morgan fingerprint density at radius 3 is 2.43 bits per heavy atom. The molecule has 1 unspecified atom stereocenters. The summed E-state index contributed by atoms with van der Waals surface area (Å²) in [6, 6.07) is 5.11. The highest BCUT2D eigenvalue weighted by Crippen LogP contribution is 2.29. The van der Waals surface area contributed by atoms with Gasteiger partial charge >= 0.3 is 0 Å². The van der Waals surface area contributed by atoms with E-state index in [0.29, 0.717) is 15.7 Å². The van der Waals surface area contributed by atoms with Gasteiger partial charge in [-0.2, -0.15) is 0 Å². The van der Waals surface area contributed by atoms with Crippen LogP contribution in [0.1, 0.15) is 39.0 Å². The molecule has 1 aliphatic rings. The number of carbonyl (C=O) groups excluding carboxylic acids is 1. The Kier molecular flexibility index (Phi) is 6.34. The van der Waals surface area contributed by atoms with Crippen LogP contribution in [0.3, 0.4) is 0 Å². The molecule has 0 spiro atoms. The molecule has 0 bridgehead atoms. The van der Waals surface area contributed by atoms with Gasteiger partial charge in [0.05, 0.1) is 21.8 Å². The number of halogens is 2. The van der Waals surface area contributed by atoms with Crippen LogP contribution in [0.4, 0.5) is 5.69 Å². The SMILES string of the molecule is CC(C(=O)Nc1cccc(Cl)c1Cl)N1CCCCCCC1. The predicted molar refractivity (Wildman–Crippen MR) is 89.2 cm³/mol. The molecule has 1 saturated heterocycles. The Balaban J connectivity index is 1.99. The van der Waals surface area contributed by atoms with Crippen LogP contribution in [0.15, 0.2) is 18.2 Å². The summed E-state index contributed by atoms with van der Waals surface area (Å²) in [5.74, 6) is -0.0280. The standard InChI is InChI=1S/C16H22Cl2N2O/c1-12(20-10-5-3-2-4-6-11-20)16(21)19-14-9-7-8-13(17)15(14)18/h7-9,12H,2-6,10-11H2,1H3,(H,19,21). The Morgan fingerprint density at radius 1 is 1.14 bits per heavy atom. The molecular weight excluding hydrogens is 307 g/mol. The van der Waals surface area contributed by atoms with Crippen molar-refractivity contribution in [1.29, 1.82) is 0 Å². The fraction of sp³-hybridized carbons (Fsp3) is 0.562. The average Bonchev–Trinajstić information content (AvgIpc) is 2.43. The van der Waals surface area contributed by atoms with Gasteiger partial charge in [0.15, 0.2) is 0 Å². The van der Waals surface area contributed by atoms with Crippen molar-refractivity contribution < 1.29 is 4.79 Å². The van der Waals surface area contributed by atoms with Crippen molar-refractivity contribution >= 4 is 34.8 Å². The molecule has 1 heterocycles. The molecule has 1 atom stereocenters. The molecule has 1 amide bonds. The summed E-state index contributed by atoms with van der Waals surface area (Å²) in [6.45, 7) is 3.92. The minimum Gasteiger partial charge on any atom is -0.323 e. The Morgan fingerprint density at radius 2 is 1.76 bits per heavy atom. The summed E-state index contributed by atoms with van der Waals surface area (Å²) in [5.41, 5.74) is 0.577. The van der Waals surface area contributed by atoms with Crippen molar-refractivity contribution in [3.63, 3.8) is 0 Å². The lowest BCUT2D eigenvalue weighted by Gasteiger charge is -2.29. The number of anilines is 1. The van der Waals surface area contributed by atoms with E-state index < -0.39 is 0 Å². The zero-order valence-electron chi connectivity index (χ0n) is 12.4. The van der Waals surface area contributed by atoms with Crippen LogP contribution >= 0.6 is 23.2 Å². The van der Waals surface area contributed by atoms with E-state index in [4.69, 9.17) is 23.2 Å². The van der Waals surface area contributed by atoms with E-state index in [1.165, 1.54) is 19.3 Å². The van der Waals surface area contributed by atoms with Crippen molar-refractivity contribution in [2.75, 3.05) is 18.4 Å². The van der Waals surface area contributed by atoms with E-state index in [1.807, 2.05) is 6.92 Å². The third kappa shape index (κ3) is 4.60. The van der Waals surface area contributed by atoms with Gasteiger partial charge in [-0.15, -0.1) is 0 Å². The van der Waals surface area contributed by atoms with Gasteiger partial charge < -0.3 is 5.32 Å². The van der Waals surface area contributed by atoms with E-state index in [9.17, 15) is 4.79 Å². The number of likely N-dealkylation sites (tertiary alicyclic amines) is 1. The smallest absolute Gasteiger partial charge is 0.241 e. The average molecular weight is 329 g/mol. The summed E-state index contributed by atoms with van der Waals surface area (Å²) in [4.78, 5) is 14.7. The zero-order valence-corrected chi connectivity index (χ0v) is 13.9. The highest BCUT2D eigenvalue weighted by atomic mass is 35.5. The molecule has 1 aliphatic heterocycles. The van der Waals surface area contributed by atoms with Crippen LogP contribution in [-0.4, -0.2) is 29.9 Å². The Hall–Kier alpha value is -0.770. The highest BCUT2D eigenvalue weighted by Gasteiger charge is 2.22. The molecule has 21 heavy (non-hydrogen) atoms. The summed E-state index contributed by atoms with van der Waals surface area (Å²) < 4.78 is 0. The number of nitrogens with zero attached hydrogens (tertiary/aromatic N) is 1. The third-order valence-electron chi connectivity index (χ3n) is 4.03. The molecule has 0 radical (unpaired) electrons. The largest absolute Gasteiger partial charge is 0.323 e. The highest BCUT2D eigenvalue weighted by molar-refractivity contribution is 6.44. The van der Waals surface area contributed by atoms with Gasteiger partial charge in [0.2, 0.25) is 5.91 Å². The van der Waals surface area contributed by atoms with Crippen molar-refractivity contribution in [2.24, 2.45) is 0 Å². The van der Waals surface area contributed by atoms with Crippen molar-refractivity contribution in [2.45, 2.75) is 45.1 Å². The number of hydrogen-bond acceptors (Lipinski definition) is 2. The molecule has 0 aliphatic carbocycles. The molecule has 1 aromatic rings. The first-order valence-electron chi connectivity index (χ1n) is 7.58. The van der Waals surface area contributed by atoms with Crippen molar-refractivity contribution in [1.82, 2.24) is 4.90 Å². The van der Waals surface area contributed by atoms with Gasteiger partial charge in [-0.05, 0) is 45.0 Å². The van der Waals surface area contributed by atoms with Gasteiger partial charge in [-0.3, -0.25) is 9.69 Å². The maximum atomic E-state index is 12.4. The van der Waals surface area contributed by atoms with Crippen LogP contribution in [-0.2, 0) is 4.79 Å². The topological polar surface area (TPSA) is 32.3 Å². The second-order valence-electron chi connectivity index (χ2n) is 5.57. The lowest BCUT2D eigenvalue weighted by molar-refractivity contribution is -0.120. The number of rotatable bonds is 3. The predicted octanol–water partition coefficient (Wildman–Crippen LogP) is 4.59. The molecule has 1 aromatic carbocycles. The fourth-order valence-corrected chi connectivity index (χ4v) is 3.01. The number of carbonyl (C=O) groups is 1. The van der Waals surface area contributed by atoms with E-state index in [-0.39, 0.29) is 11.9 Å². The van der Waals surface area contributed by atoms with Crippen molar-refractivity contribution in [3.05, 3.63) is 28.2 Å². The quantitative estimate of drug-likeness (QED) is 0.880. The Labute approximate surface area is 136 Å². The normalized spacial score (nSPS) is 18.6. The molecule has 1 N–H and O–H groups in total. The lowest BCUT2D eigenvalue weighted by atomic mass is 10.1. The van der Waals surface area contributed by atoms with Crippen LogP contribution in [0.2, 0.25) is 10.0 Å². The summed E-state index contributed by atoms with van der Waals surface area (Å²) in [6.07, 6.45) is 6.15. The third-order valence-corrected chi connectivity index (χ3v) is 4.85. The van der Waals surface area contributed by atoms with E-state index in [2.05, 4.69) is 10.2 Å². The number of hydrogen-bond donors (Lipinski definition) is 1. The van der Waals surface area contributed by atoms with Gasteiger partial charge in [-0.25, -0.2) is 0 Å². The summed E-state index contributed by atoms with van der Waals surface area (Å²) in [7, 11) is 0. The van der Waals surface area contributed by atoms with Crippen LogP contribution < -0.4 is 5.32 Å². The molecular formula is C16H22Cl2N2O. The van der Waals surface area contributed by atoms with E-state index >= 15 is 0 Å². The Bertz CT molecular complexity index is 485. The van der Waals surface area contributed by atoms with E-state index in [1.54, 1.807) is 18.2 Å². The molecule has 116 valence electrons. The minimum atomic E-state index is -0.154. The van der Waals surface area contributed by atoms with Gasteiger partial charge in [0, 0.05) is 0 Å². The molecule has 5 heteroatoms. The monoisotopic (exact) mass is 328 g/mol. The van der Waals surface area contributed by atoms with Gasteiger partial charge in [0.25, 0.3) is 0 Å². The molecule has 1 fully saturated rings. The lowest BCUT2D eigenvalue weighted by Crippen LogP contribution is -2.43. The molecule has 0 saturated carbocycles. The number of nitrogens with one attached hydrogen (secondary N) is 1. The van der Waals surface area contributed by atoms with E-state index in [0.717, 1.165) is 25.9 Å². The maximum Gasteiger partial charge on any atom is 0.241 e. The fourth-order valence-electron chi connectivity index (χ4n) is 2.66. The summed E-state index contributed by atoms with van der Waals surface area (Å²) >= 11 is 12.1. The first kappa shape index (κ1) is 16.6. The zero-order chi connectivity index (χ0) is 15.2. The van der Waals surface area contributed by atoms with Gasteiger partial charge in [-0.1, -0.05) is 48.5 Å². The minimum absolute atomic E-state index is 0.0280. The molecule has 0 aromatic heterocycles. The number of amides is 1. The van der Waals surface area contributed by atoms with Crippen LogP contribution in [0.25, 0.3) is 0 Å². The first-order chi connectivity index (χ1) is 10.1. The maximum absolute atomic E-state index is 12.4. The second kappa shape index (κ2) is 8.02. The molecule has 2 rings (SSSR count). The van der Waals surface area contributed by atoms with Crippen molar-refractivity contribution in [3.8, 4) is 0 Å². The van der Waals surface area contributed by atoms with Gasteiger partial charge in [0.1, 0.15) is 0 Å². The van der Waals surface area contributed by atoms with Crippen LogP contribution in [0.5, 0.6) is 0 Å². The summed E-state index contributed by atoms with van der Waals surface area (Å²) in [5, 5.41) is 3.74.